The van der Waals surface area contributed by atoms with E-state index in [0.717, 1.165) is 21.8 Å². The number of hydrogen-bond donors (Lipinski definition) is 2. The van der Waals surface area contributed by atoms with Crippen molar-refractivity contribution in [2.24, 2.45) is 0 Å². The van der Waals surface area contributed by atoms with Crippen molar-refractivity contribution in [2.75, 3.05) is 52.7 Å². The number of rotatable bonds is 16. The Bertz CT molecular complexity index is 762. The molecule has 0 aliphatic carbocycles. The van der Waals surface area contributed by atoms with E-state index < -0.39 is 0 Å². The van der Waals surface area contributed by atoms with Crippen LogP contribution in [0.4, 0.5) is 0 Å². The summed E-state index contributed by atoms with van der Waals surface area (Å²) in [7, 11) is 0. The maximum absolute atomic E-state index is 12.0. The normalized spacial score (nSPS) is 10.7. The van der Waals surface area contributed by atoms with Crippen LogP contribution in [0.5, 0.6) is 0 Å². The van der Waals surface area contributed by atoms with Gasteiger partial charge < -0.3 is 24.8 Å². The fraction of sp³-hybridized carbons (Fsp3) is 0.417. The van der Waals surface area contributed by atoms with E-state index in [-0.39, 0.29) is 11.8 Å². The quantitative estimate of drug-likeness (QED) is 0.232. The zero-order valence-electron chi connectivity index (χ0n) is 18.5. The minimum atomic E-state index is -0.114. The lowest BCUT2D eigenvalue weighted by Crippen LogP contribution is -2.28. The highest BCUT2D eigenvalue weighted by molar-refractivity contribution is 9.08. The van der Waals surface area contributed by atoms with Gasteiger partial charge in [0, 0.05) is 34.9 Å². The summed E-state index contributed by atoms with van der Waals surface area (Å²) in [6, 6.07) is 14.9. The first-order valence-corrected chi connectivity index (χ1v) is 13.0. The van der Waals surface area contributed by atoms with Crippen LogP contribution in [-0.2, 0) is 24.9 Å². The third-order valence-corrected chi connectivity index (χ3v) is 5.84. The highest BCUT2D eigenvalue weighted by Crippen LogP contribution is 2.08. The number of nitrogens with one attached hydrogen (secondary N) is 2. The van der Waals surface area contributed by atoms with Crippen molar-refractivity contribution in [3.05, 3.63) is 70.8 Å². The molecule has 2 N–H and O–H groups in total. The van der Waals surface area contributed by atoms with Crippen molar-refractivity contribution in [3.63, 3.8) is 0 Å². The molecule has 7 nitrogen and oxygen atoms in total. The van der Waals surface area contributed by atoms with Gasteiger partial charge >= 0.3 is 0 Å². The molecule has 0 radical (unpaired) electrons. The molecule has 0 fully saturated rings. The first kappa shape index (κ1) is 27.5. The number of hydrogen-bond acceptors (Lipinski definition) is 5. The molecule has 0 saturated carbocycles. The molecule has 0 heterocycles. The SMILES string of the molecule is O=C(NCCOCCOCCOCCNC(=O)c1ccc(CBr)cc1)c1ccc(CBr)cc1. The molecule has 0 bridgehead atoms. The number of halogens is 2. The molecule has 0 saturated heterocycles. The average molecular weight is 586 g/mol. The maximum Gasteiger partial charge on any atom is 0.251 e. The summed E-state index contributed by atoms with van der Waals surface area (Å²) in [6.07, 6.45) is 0. The highest BCUT2D eigenvalue weighted by atomic mass is 79.9. The number of alkyl halides is 2. The van der Waals surface area contributed by atoms with Gasteiger partial charge in [0.15, 0.2) is 0 Å². The van der Waals surface area contributed by atoms with E-state index >= 15 is 0 Å². The van der Waals surface area contributed by atoms with E-state index in [4.69, 9.17) is 14.2 Å². The molecule has 0 aliphatic heterocycles. The van der Waals surface area contributed by atoms with E-state index in [1.165, 1.54) is 0 Å². The van der Waals surface area contributed by atoms with E-state index in [2.05, 4.69) is 42.5 Å². The summed E-state index contributed by atoms with van der Waals surface area (Å²) in [6.45, 7) is 3.51. The second-order valence-corrected chi connectivity index (χ2v) is 8.13. The largest absolute Gasteiger partial charge is 0.377 e. The molecule has 2 rings (SSSR count). The zero-order valence-corrected chi connectivity index (χ0v) is 21.7. The lowest BCUT2D eigenvalue weighted by atomic mass is 10.1. The van der Waals surface area contributed by atoms with Crippen LogP contribution in [0.15, 0.2) is 48.5 Å². The van der Waals surface area contributed by atoms with Crippen LogP contribution in [0.25, 0.3) is 0 Å². The number of ether oxygens (including phenoxy) is 3. The molecule has 2 aromatic rings. The summed E-state index contributed by atoms with van der Waals surface area (Å²) < 4.78 is 16.3. The number of amides is 2. The molecule has 0 aromatic heterocycles. The summed E-state index contributed by atoms with van der Waals surface area (Å²) in [5.41, 5.74) is 3.51. The molecule has 33 heavy (non-hydrogen) atoms. The Morgan fingerprint density at radius 3 is 1.24 bits per heavy atom. The van der Waals surface area contributed by atoms with Crippen molar-refractivity contribution in [2.45, 2.75) is 10.7 Å². The summed E-state index contributed by atoms with van der Waals surface area (Å²) in [5.74, 6) is -0.228. The van der Waals surface area contributed by atoms with Gasteiger partial charge in [0.2, 0.25) is 0 Å². The van der Waals surface area contributed by atoms with E-state index in [1.807, 2.05) is 24.3 Å². The van der Waals surface area contributed by atoms with Crippen molar-refractivity contribution in [1.82, 2.24) is 10.6 Å². The maximum atomic E-state index is 12.0. The molecule has 0 unspecified atom stereocenters. The number of benzene rings is 2. The second kappa shape index (κ2) is 16.8. The molecule has 2 amide bonds. The Morgan fingerprint density at radius 1 is 0.576 bits per heavy atom. The Balaban J connectivity index is 1.38. The molecule has 0 spiro atoms. The smallest absolute Gasteiger partial charge is 0.251 e. The van der Waals surface area contributed by atoms with Gasteiger partial charge in [0.05, 0.1) is 39.6 Å². The van der Waals surface area contributed by atoms with Crippen molar-refractivity contribution in [3.8, 4) is 0 Å². The summed E-state index contributed by atoms with van der Waals surface area (Å²) in [5, 5.41) is 7.18. The fourth-order valence-electron chi connectivity index (χ4n) is 2.71. The Kier molecular flexibility index (Phi) is 14.0. The highest BCUT2D eigenvalue weighted by Gasteiger charge is 2.05. The standard InChI is InChI=1S/C24H30Br2N2O5/c25-17-19-1-5-21(6-2-19)23(29)27-9-11-31-13-15-33-16-14-32-12-10-28-24(30)22-7-3-20(18-26)4-8-22/h1-8H,9-18H2,(H,27,29)(H,28,30). The van der Waals surface area contributed by atoms with E-state index in [1.54, 1.807) is 24.3 Å². The van der Waals surface area contributed by atoms with Gasteiger partial charge in [-0.25, -0.2) is 0 Å². The second-order valence-electron chi connectivity index (χ2n) is 7.01. The van der Waals surface area contributed by atoms with Gasteiger partial charge in [-0.05, 0) is 35.4 Å². The molecule has 180 valence electrons. The van der Waals surface area contributed by atoms with Crippen LogP contribution in [-0.4, -0.2) is 64.5 Å². The Morgan fingerprint density at radius 2 is 0.909 bits per heavy atom. The molecule has 9 heteroatoms. The van der Waals surface area contributed by atoms with E-state index in [0.29, 0.717) is 63.9 Å². The molecule has 2 aromatic carbocycles. The van der Waals surface area contributed by atoms with Gasteiger partial charge in [-0.1, -0.05) is 56.1 Å². The van der Waals surface area contributed by atoms with Gasteiger partial charge in [-0.15, -0.1) is 0 Å². The van der Waals surface area contributed by atoms with Gasteiger partial charge in [0.1, 0.15) is 0 Å². The van der Waals surface area contributed by atoms with Crippen LogP contribution in [0.1, 0.15) is 31.8 Å². The zero-order chi connectivity index (χ0) is 23.7. The Labute approximate surface area is 211 Å². The van der Waals surface area contributed by atoms with E-state index in [9.17, 15) is 9.59 Å². The average Bonchev–Trinajstić information content (AvgIpc) is 2.86. The minimum Gasteiger partial charge on any atom is -0.377 e. The van der Waals surface area contributed by atoms with Gasteiger partial charge in [-0.2, -0.15) is 0 Å². The molecular formula is C24H30Br2N2O5. The number of carbonyl (C=O) groups is 2. The van der Waals surface area contributed by atoms with Crippen LogP contribution in [0.2, 0.25) is 0 Å². The first-order valence-electron chi connectivity index (χ1n) is 10.7. The molecule has 0 aliphatic rings. The molecule has 0 atom stereocenters. The lowest BCUT2D eigenvalue weighted by molar-refractivity contribution is 0.0157. The van der Waals surface area contributed by atoms with Crippen molar-refractivity contribution in [1.29, 1.82) is 0 Å². The van der Waals surface area contributed by atoms with Gasteiger partial charge in [0.25, 0.3) is 11.8 Å². The van der Waals surface area contributed by atoms with Crippen molar-refractivity contribution >= 4 is 43.7 Å². The fourth-order valence-corrected chi connectivity index (χ4v) is 3.46. The monoisotopic (exact) mass is 584 g/mol. The van der Waals surface area contributed by atoms with Crippen LogP contribution in [0, 0.1) is 0 Å². The number of carbonyl (C=O) groups excluding carboxylic acids is 2. The van der Waals surface area contributed by atoms with Crippen molar-refractivity contribution < 1.29 is 23.8 Å². The third-order valence-electron chi connectivity index (χ3n) is 4.55. The predicted molar refractivity (Wildman–Crippen MR) is 135 cm³/mol. The summed E-state index contributed by atoms with van der Waals surface area (Å²) in [4.78, 5) is 24.0. The van der Waals surface area contributed by atoms with Crippen LogP contribution >= 0.6 is 31.9 Å². The lowest BCUT2D eigenvalue weighted by Gasteiger charge is -2.09. The first-order chi connectivity index (χ1) is 16.1. The predicted octanol–water partition coefficient (Wildman–Crippen LogP) is 3.69. The third kappa shape index (κ3) is 11.3. The Hall–Kier alpha value is -1.78. The topological polar surface area (TPSA) is 85.9 Å². The van der Waals surface area contributed by atoms with Crippen LogP contribution < -0.4 is 10.6 Å². The summed E-state index contributed by atoms with van der Waals surface area (Å²) >= 11 is 6.76. The van der Waals surface area contributed by atoms with Crippen LogP contribution in [0.3, 0.4) is 0 Å². The molecular weight excluding hydrogens is 556 g/mol. The van der Waals surface area contributed by atoms with Gasteiger partial charge in [-0.3, -0.25) is 9.59 Å². The minimum absolute atomic E-state index is 0.114.